The zero-order chi connectivity index (χ0) is 14.0. The lowest BCUT2D eigenvalue weighted by Crippen LogP contribution is -2.45. The molecule has 0 spiro atoms. The average molecular weight is 311 g/mol. The lowest BCUT2D eigenvalue weighted by atomic mass is 9.94. The van der Waals surface area contributed by atoms with Crippen LogP contribution in [0.3, 0.4) is 0 Å². The fourth-order valence-corrected chi connectivity index (χ4v) is 5.33. The third-order valence-corrected chi connectivity index (χ3v) is 6.38. The van der Waals surface area contributed by atoms with E-state index in [0.29, 0.717) is 6.54 Å². The van der Waals surface area contributed by atoms with Gasteiger partial charge in [-0.15, -0.1) is 11.3 Å². The molecule has 1 aliphatic heterocycles. The topological polar surface area (TPSA) is 49.3 Å². The number of fused-ring (bicyclic) bond motifs is 1. The van der Waals surface area contributed by atoms with E-state index in [0.717, 1.165) is 42.8 Å². The van der Waals surface area contributed by atoms with Crippen LogP contribution in [-0.4, -0.2) is 34.7 Å². The Morgan fingerprint density at radius 3 is 2.85 bits per heavy atom. The number of hydrogen-bond acceptors (Lipinski definition) is 4. The molecule has 5 heteroatoms. The van der Waals surface area contributed by atoms with E-state index in [1.54, 1.807) is 11.3 Å². The third kappa shape index (κ3) is 3.05. The summed E-state index contributed by atoms with van der Waals surface area (Å²) in [4.78, 5) is 13.7. The van der Waals surface area contributed by atoms with Gasteiger partial charge < -0.3 is 10.4 Å². The van der Waals surface area contributed by atoms with Crippen molar-refractivity contribution in [2.24, 2.45) is 0 Å². The van der Waals surface area contributed by atoms with E-state index in [1.165, 1.54) is 23.3 Å². The number of hydrogen-bond donors (Lipinski definition) is 2. The summed E-state index contributed by atoms with van der Waals surface area (Å²) < 4.78 is 0. The van der Waals surface area contributed by atoms with Gasteiger partial charge in [0.05, 0.1) is 11.2 Å². The molecule has 2 heterocycles. The standard InChI is InChI=1S/C15H21NO2S2/c17-14(16-10-15(18)5-7-19-8-6-15)12-9-20-13-4-2-1-3-11(12)13/h9,18H,1-8,10H2,(H,16,17). The van der Waals surface area contributed by atoms with Crippen LogP contribution in [0.25, 0.3) is 0 Å². The van der Waals surface area contributed by atoms with Crippen LogP contribution in [0.1, 0.15) is 46.5 Å². The highest BCUT2D eigenvalue weighted by Gasteiger charge is 2.30. The molecular weight excluding hydrogens is 290 g/mol. The van der Waals surface area contributed by atoms with Crippen LogP contribution in [0, 0.1) is 0 Å². The number of aliphatic hydroxyl groups is 1. The van der Waals surface area contributed by atoms with Crippen molar-refractivity contribution in [2.75, 3.05) is 18.1 Å². The van der Waals surface area contributed by atoms with Gasteiger partial charge in [0.2, 0.25) is 0 Å². The molecule has 2 aliphatic rings. The molecule has 1 amide bonds. The number of amides is 1. The molecule has 1 aromatic rings. The first-order valence-electron chi connectivity index (χ1n) is 7.35. The minimum absolute atomic E-state index is 0.00366. The first kappa shape index (κ1) is 14.4. The molecule has 20 heavy (non-hydrogen) atoms. The van der Waals surface area contributed by atoms with Crippen molar-refractivity contribution in [3.8, 4) is 0 Å². The fraction of sp³-hybridized carbons (Fsp3) is 0.667. The number of carbonyl (C=O) groups excluding carboxylic acids is 1. The molecule has 1 aromatic heterocycles. The Kier molecular flexibility index (Phi) is 4.38. The van der Waals surface area contributed by atoms with Crippen LogP contribution in [0.5, 0.6) is 0 Å². The maximum atomic E-state index is 12.3. The summed E-state index contributed by atoms with van der Waals surface area (Å²) in [6.45, 7) is 0.386. The number of carbonyl (C=O) groups is 1. The minimum Gasteiger partial charge on any atom is -0.388 e. The second-order valence-corrected chi connectivity index (χ2v) is 7.97. The molecule has 1 fully saturated rings. The molecule has 0 saturated carbocycles. The Labute approximate surface area is 128 Å². The zero-order valence-electron chi connectivity index (χ0n) is 11.6. The molecule has 1 aliphatic carbocycles. The Bertz CT molecular complexity index is 492. The highest BCUT2D eigenvalue weighted by molar-refractivity contribution is 7.99. The van der Waals surface area contributed by atoms with E-state index in [4.69, 9.17) is 0 Å². The van der Waals surface area contributed by atoms with Gasteiger partial charge in [-0.3, -0.25) is 4.79 Å². The van der Waals surface area contributed by atoms with Gasteiger partial charge >= 0.3 is 0 Å². The maximum absolute atomic E-state index is 12.3. The first-order chi connectivity index (χ1) is 9.68. The SMILES string of the molecule is O=C(NCC1(O)CCSCC1)c1csc2c1CCCC2. The molecule has 0 aromatic carbocycles. The molecule has 0 bridgehead atoms. The van der Waals surface area contributed by atoms with Gasteiger partial charge in [0, 0.05) is 16.8 Å². The summed E-state index contributed by atoms with van der Waals surface area (Å²) in [5.74, 6) is 1.97. The van der Waals surface area contributed by atoms with Crippen LogP contribution in [-0.2, 0) is 12.8 Å². The highest BCUT2D eigenvalue weighted by atomic mass is 32.2. The molecule has 1 saturated heterocycles. The summed E-state index contributed by atoms with van der Waals surface area (Å²) in [5, 5.41) is 15.4. The number of thioether (sulfide) groups is 1. The van der Waals surface area contributed by atoms with Gasteiger partial charge in [0.1, 0.15) is 0 Å². The molecule has 0 unspecified atom stereocenters. The lowest BCUT2D eigenvalue weighted by Gasteiger charge is -2.31. The second-order valence-electron chi connectivity index (χ2n) is 5.78. The van der Waals surface area contributed by atoms with Gasteiger partial charge in [-0.05, 0) is 55.6 Å². The van der Waals surface area contributed by atoms with Crippen molar-refractivity contribution < 1.29 is 9.90 Å². The van der Waals surface area contributed by atoms with Gasteiger partial charge in [0.15, 0.2) is 0 Å². The minimum atomic E-state index is -0.697. The Hall–Kier alpha value is -0.520. The zero-order valence-corrected chi connectivity index (χ0v) is 13.2. The Morgan fingerprint density at radius 1 is 1.30 bits per heavy atom. The van der Waals surface area contributed by atoms with Crippen LogP contribution in [0.4, 0.5) is 0 Å². The summed E-state index contributed by atoms with van der Waals surface area (Å²) in [6.07, 6.45) is 6.13. The van der Waals surface area contributed by atoms with E-state index in [-0.39, 0.29) is 5.91 Å². The molecule has 110 valence electrons. The van der Waals surface area contributed by atoms with Crippen molar-refractivity contribution >= 4 is 29.0 Å². The molecule has 0 radical (unpaired) electrons. The van der Waals surface area contributed by atoms with Crippen molar-refractivity contribution in [1.82, 2.24) is 5.32 Å². The third-order valence-electron chi connectivity index (χ3n) is 4.31. The van der Waals surface area contributed by atoms with E-state index >= 15 is 0 Å². The predicted octanol–water partition coefficient (Wildman–Crippen LogP) is 2.61. The quantitative estimate of drug-likeness (QED) is 0.902. The predicted molar refractivity (Wildman–Crippen MR) is 84.8 cm³/mol. The summed E-state index contributed by atoms with van der Waals surface area (Å²) >= 11 is 3.59. The number of aryl methyl sites for hydroxylation is 1. The van der Waals surface area contributed by atoms with Crippen molar-refractivity contribution in [2.45, 2.75) is 44.1 Å². The summed E-state index contributed by atoms with van der Waals surface area (Å²) in [6, 6.07) is 0. The molecule has 3 rings (SSSR count). The summed E-state index contributed by atoms with van der Waals surface area (Å²) in [7, 11) is 0. The van der Waals surface area contributed by atoms with Crippen LogP contribution >= 0.6 is 23.1 Å². The highest BCUT2D eigenvalue weighted by Crippen LogP contribution is 2.30. The average Bonchev–Trinajstić information content (AvgIpc) is 2.90. The van der Waals surface area contributed by atoms with Gasteiger partial charge in [-0.2, -0.15) is 11.8 Å². The van der Waals surface area contributed by atoms with Crippen molar-refractivity contribution in [3.63, 3.8) is 0 Å². The molecule has 0 atom stereocenters. The number of nitrogens with one attached hydrogen (secondary N) is 1. The maximum Gasteiger partial charge on any atom is 0.252 e. The van der Waals surface area contributed by atoms with E-state index < -0.39 is 5.60 Å². The van der Waals surface area contributed by atoms with Crippen LogP contribution < -0.4 is 5.32 Å². The monoisotopic (exact) mass is 311 g/mol. The molecular formula is C15H21NO2S2. The van der Waals surface area contributed by atoms with Gasteiger partial charge in [-0.25, -0.2) is 0 Å². The number of rotatable bonds is 3. The normalized spacial score (nSPS) is 21.2. The first-order valence-corrected chi connectivity index (χ1v) is 9.39. The van der Waals surface area contributed by atoms with E-state index in [1.807, 2.05) is 17.1 Å². The van der Waals surface area contributed by atoms with Crippen LogP contribution in [0.2, 0.25) is 0 Å². The Balaban J connectivity index is 1.63. The second kappa shape index (κ2) is 6.08. The lowest BCUT2D eigenvalue weighted by molar-refractivity contribution is 0.0311. The van der Waals surface area contributed by atoms with E-state index in [2.05, 4.69) is 5.32 Å². The smallest absolute Gasteiger partial charge is 0.252 e. The fourth-order valence-electron chi connectivity index (χ4n) is 2.95. The van der Waals surface area contributed by atoms with Crippen molar-refractivity contribution in [3.05, 3.63) is 21.4 Å². The van der Waals surface area contributed by atoms with Crippen LogP contribution in [0.15, 0.2) is 5.38 Å². The largest absolute Gasteiger partial charge is 0.388 e. The molecule has 2 N–H and O–H groups in total. The van der Waals surface area contributed by atoms with Gasteiger partial charge in [-0.1, -0.05) is 0 Å². The summed E-state index contributed by atoms with van der Waals surface area (Å²) in [5.41, 5.74) is 1.40. The molecule has 3 nitrogen and oxygen atoms in total. The van der Waals surface area contributed by atoms with Gasteiger partial charge in [0.25, 0.3) is 5.91 Å². The van der Waals surface area contributed by atoms with Crippen molar-refractivity contribution in [1.29, 1.82) is 0 Å². The number of thiophene rings is 1. The van der Waals surface area contributed by atoms with E-state index in [9.17, 15) is 9.90 Å². The Morgan fingerprint density at radius 2 is 2.05 bits per heavy atom.